The molecule has 0 amide bonds. The molecule has 0 unspecified atom stereocenters. The molecule has 0 N–H and O–H groups in total. The van der Waals surface area contributed by atoms with Crippen molar-refractivity contribution < 1.29 is 8.42 Å². The molecule has 0 bridgehead atoms. The number of hydrogen-bond acceptors (Lipinski definition) is 2. The molecule has 1 aromatic heterocycles. The molecule has 0 radical (unpaired) electrons. The second kappa shape index (κ2) is 7.48. The molecule has 6 heteroatoms. The van der Waals surface area contributed by atoms with Crippen LogP contribution in [-0.4, -0.2) is 30.4 Å². The number of sulfonamides is 1. The van der Waals surface area contributed by atoms with Crippen LogP contribution in [0, 0.1) is 0 Å². The molecule has 0 aliphatic heterocycles. The number of nitrogens with zero attached hydrogens (tertiary/aromatic N) is 2. The first-order valence-corrected chi connectivity index (χ1v) is 9.12. The van der Waals surface area contributed by atoms with E-state index in [1.807, 2.05) is 32.3 Å². The summed E-state index contributed by atoms with van der Waals surface area (Å²) in [5.74, 6) is 0.315. The SMILES string of the molecule is CCCN(CCC)S(=O)(=O)c1cc(CCl)n(C(C)C)c1. The van der Waals surface area contributed by atoms with Crippen LogP contribution in [0.5, 0.6) is 0 Å². The van der Waals surface area contributed by atoms with E-state index in [-0.39, 0.29) is 6.04 Å². The summed E-state index contributed by atoms with van der Waals surface area (Å²) in [6.07, 6.45) is 3.33. The third kappa shape index (κ3) is 3.77. The zero-order valence-electron chi connectivity index (χ0n) is 12.8. The molecule has 4 nitrogen and oxygen atoms in total. The van der Waals surface area contributed by atoms with Crippen molar-refractivity contribution in [1.82, 2.24) is 8.87 Å². The van der Waals surface area contributed by atoms with Crippen LogP contribution in [-0.2, 0) is 15.9 Å². The first-order chi connectivity index (χ1) is 9.38. The van der Waals surface area contributed by atoms with E-state index in [1.54, 1.807) is 16.6 Å². The zero-order chi connectivity index (χ0) is 15.3. The van der Waals surface area contributed by atoms with Crippen LogP contribution in [0.1, 0.15) is 52.3 Å². The van der Waals surface area contributed by atoms with Crippen molar-refractivity contribution >= 4 is 21.6 Å². The average Bonchev–Trinajstić information content (AvgIpc) is 2.83. The Morgan fingerprint density at radius 2 is 1.80 bits per heavy atom. The molecule has 0 spiro atoms. The highest BCUT2D eigenvalue weighted by Crippen LogP contribution is 2.23. The first kappa shape index (κ1) is 17.5. The fraction of sp³-hybridized carbons (Fsp3) is 0.714. The van der Waals surface area contributed by atoms with E-state index in [4.69, 9.17) is 11.6 Å². The van der Waals surface area contributed by atoms with Gasteiger partial charge in [-0.25, -0.2) is 8.42 Å². The Kier molecular flexibility index (Phi) is 6.55. The molecule has 0 atom stereocenters. The number of hydrogen-bond donors (Lipinski definition) is 0. The van der Waals surface area contributed by atoms with E-state index in [1.165, 1.54) is 0 Å². The van der Waals surface area contributed by atoms with Crippen molar-refractivity contribution in [2.24, 2.45) is 0 Å². The lowest BCUT2D eigenvalue weighted by Gasteiger charge is -2.20. The minimum absolute atomic E-state index is 0.193. The van der Waals surface area contributed by atoms with Crippen molar-refractivity contribution in [1.29, 1.82) is 0 Å². The summed E-state index contributed by atoms with van der Waals surface area (Å²) in [6, 6.07) is 1.89. The highest BCUT2D eigenvalue weighted by Gasteiger charge is 2.25. The van der Waals surface area contributed by atoms with Gasteiger partial charge in [-0.2, -0.15) is 4.31 Å². The maximum Gasteiger partial charge on any atom is 0.244 e. The molecule has 1 rings (SSSR count). The summed E-state index contributed by atoms with van der Waals surface area (Å²) in [5.41, 5.74) is 0.841. The summed E-state index contributed by atoms with van der Waals surface area (Å²) < 4.78 is 28.9. The Hall–Kier alpha value is -0.520. The van der Waals surface area contributed by atoms with Crippen LogP contribution in [0.25, 0.3) is 0 Å². The average molecular weight is 321 g/mol. The predicted molar refractivity (Wildman–Crippen MR) is 83.7 cm³/mol. The summed E-state index contributed by atoms with van der Waals surface area (Å²) >= 11 is 5.91. The highest BCUT2D eigenvalue weighted by atomic mass is 35.5. The number of aromatic nitrogens is 1. The molecule has 20 heavy (non-hydrogen) atoms. The quantitative estimate of drug-likeness (QED) is 0.686. The molecule has 0 saturated heterocycles. The maximum atomic E-state index is 12.7. The van der Waals surface area contributed by atoms with Crippen molar-refractivity contribution in [2.45, 2.75) is 57.4 Å². The number of alkyl halides is 1. The molecule has 0 fully saturated rings. The summed E-state index contributed by atoms with van der Waals surface area (Å²) in [6.45, 7) is 9.12. The molecule has 1 aromatic rings. The summed E-state index contributed by atoms with van der Waals surface area (Å²) in [7, 11) is -3.42. The van der Waals surface area contributed by atoms with Crippen LogP contribution >= 0.6 is 11.6 Å². The molecule has 1 heterocycles. The van der Waals surface area contributed by atoms with Gasteiger partial charge in [-0.05, 0) is 32.8 Å². The van der Waals surface area contributed by atoms with Crippen LogP contribution < -0.4 is 0 Å². The van der Waals surface area contributed by atoms with E-state index in [2.05, 4.69) is 0 Å². The summed E-state index contributed by atoms with van der Waals surface area (Å²) in [5, 5.41) is 0. The van der Waals surface area contributed by atoms with E-state index in [0.29, 0.717) is 23.9 Å². The van der Waals surface area contributed by atoms with Crippen LogP contribution in [0.3, 0.4) is 0 Å². The van der Waals surface area contributed by atoms with Gasteiger partial charge in [0.05, 0.1) is 5.88 Å². The third-order valence-electron chi connectivity index (χ3n) is 3.18. The van der Waals surface area contributed by atoms with Crippen molar-refractivity contribution in [3.8, 4) is 0 Å². The second-order valence-electron chi connectivity index (χ2n) is 5.21. The Morgan fingerprint density at radius 1 is 1.25 bits per heavy atom. The van der Waals surface area contributed by atoms with Crippen LogP contribution in [0.15, 0.2) is 17.2 Å². The minimum atomic E-state index is -3.42. The summed E-state index contributed by atoms with van der Waals surface area (Å²) in [4.78, 5) is 0.351. The van der Waals surface area contributed by atoms with Gasteiger partial charge in [-0.15, -0.1) is 11.6 Å². The molecule has 116 valence electrons. The van der Waals surface area contributed by atoms with Crippen molar-refractivity contribution in [3.63, 3.8) is 0 Å². The van der Waals surface area contributed by atoms with Gasteiger partial charge < -0.3 is 4.57 Å². The molecular formula is C14H25ClN2O2S. The topological polar surface area (TPSA) is 42.3 Å². The molecule has 0 aliphatic rings. The van der Waals surface area contributed by atoms with Gasteiger partial charge in [-0.3, -0.25) is 0 Å². The minimum Gasteiger partial charge on any atom is -0.346 e. The zero-order valence-corrected chi connectivity index (χ0v) is 14.3. The monoisotopic (exact) mass is 320 g/mol. The second-order valence-corrected chi connectivity index (χ2v) is 7.41. The van der Waals surface area contributed by atoms with Gasteiger partial charge in [0.1, 0.15) is 4.90 Å². The molecule has 0 aromatic carbocycles. The highest BCUT2D eigenvalue weighted by molar-refractivity contribution is 7.89. The molecule has 0 aliphatic carbocycles. The van der Waals surface area contributed by atoms with Crippen LogP contribution in [0.2, 0.25) is 0 Å². The van der Waals surface area contributed by atoms with Crippen LogP contribution in [0.4, 0.5) is 0 Å². The first-order valence-electron chi connectivity index (χ1n) is 7.15. The van der Waals surface area contributed by atoms with E-state index in [0.717, 1.165) is 18.5 Å². The Bertz CT molecular complexity index is 517. The standard InChI is InChI=1S/C14H25ClN2O2S/c1-5-7-16(8-6-2)20(18,19)14-9-13(10-15)17(11-14)12(3)4/h9,11-12H,5-8,10H2,1-4H3. The Morgan fingerprint density at radius 3 is 2.15 bits per heavy atom. The lowest BCUT2D eigenvalue weighted by Crippen LogP contribution is -2.32. The van der Waals surface area contributed by atoms with E-state index < -0.39 is 10.0 Å². The van der Waals surface area contributed by atoms with E-state index in [9.17, 15) is 8.42 Å². The predicted octanol–water partition coefficient (Wildman–Crippen LogP) is 3.62. The van der Waals surface area contributed by atoms with Crippen molar-refractivity contribution in [3.05, 3.63) is 18.0 Å². The lowest BCUT2D eigenvalue weighted by molar-refractivity contribution is 0.409. The number of halogens is 1. The van der Waals surface area contributed by atoms with Gasteiger partial charge in [0.2, 0.25) is 10.0 Å². The molecular weight excluding hydrogens is 296 g/mol. The lowest BCUT2D eigenvalue weighted by atomic mass is 10.4. The van der Waals surface area contributed by atoms with E-state index >= 15 is 0 Å². The van der Waals surface area contributed by atoms with Crippen molar-refractivity contribution in [2.75, 3.05) is 13.1 Å². The van der Waals surface area contributed by atoms with Gasteiger partial charge in [0.25, 0.3) is 0 Å². The maximum absolute atomic E-state index is 12.7. The fourth-order valence-electron chi connectivity index (χ4n) is 2.23. The van der Waals surface area contributed by atoms with Gasteiger partial charge in [0.15, 0.2) is 0 Å². The smallest absolute Gasteiger partial charge is 0.244 e. The number of rotatable bonds is 8. The van der Waals surface area contributed by atoms with Gasteiger partial charge in [-0.1, -0.05) is 13.8 Å². The van der Waals surface area contributed by atoms with Gasteiger partial charge in [0, 0.05) is 31.0 Å². The Balaban J connectivity index is 3.20. The Labute approximate surface area is 127 Å². The largest absolute Gasteiger partial charge is 0.346 e. The fourth-order valence-corrected chi connectivity index (χ4v) is 4.12. The normalized spacial score (nSPS) is 12.6. The third-order valence-corrected chi connectivity index (χ3v) is 5.32. The molecule has 0 saturated carbocycles. The van der Waals surface area contributed by atoms with Gasteiger partial charge >= 0.3 is 0 Å².